The van der Waals surface area contributed by atoms with Gasteiger partial charge in [-0.25, -0.2) is 0 Å². The first kappa shape index (κ1) is 30.4. The molecule has 15 heteroatoms. The SMILES string of the molecule is CC[NH+]1CCOC(CCOC(C)[N+]2(CC)CCOCC2)C1.F[B-](F)(F)F.F[B-](F)(F)F. The van der Waals surface area contributed by atoms with Crippen molar-refractivity contribution in [1.29, 1.82) is 0 Å². The van der Waals surface area contributed by atoms with Crippen molar-refractivity contribution < 1.29 is 58.1 Å². The van der Waals surface area contributed by atoms with Gasteiger partial charge < -0.3 is 53.6 Å². The zero-order chi connectivity index (χ0) is 24.1. The molecule has 0 amide bonds. The maximum Gasteiger partial charge on any atom is 0.673 e. The van der Waals surface area contributed by atoms with E-state index in [1.165, 1.54) is 6.54 Å². The third kappa shape index (κ3) is 16.6. The van der Waals surface area contributed by atoms with E-state index < -0.39 is 14.5 Å². The van der Waals surface area contributed by atoms with Crippen LogP contribution >= 0.6 is 0 Å². The number of likely N-dealkylation sites (N-methyl/N-ethyl adjacent to an activating group) is 2. The quantitative estimate of drug-likeness (QED) is 0.349. The van der Waals surface area contributed by atoms with Gasteiger partial charge in [-0.2, -0.15) is 0 Å². The molecular weight excluding hydrogens is 442 g/mol. The lowest BCUT2D eigenvalue weighted by Crippen LogP contribution is -3.14. The van der Waals surface area contributed by atoms with Crippen molar-refractivity contribution in [2.24, 2.45) is 0 Å². The second kappa shape index (κ2) is 14.5. The molecule has 1 N–H and O–H groups in total. The minimum Gasteiger partial charge on any atom is -0.418 e. The van der Waals surface area contributed by atoms with E-state index in [-0.39, 0.29) is 6.23 Å². The largest absolute Gasteiger partial charge is 0.673 e. The molecule has 0 saturated carbocycles. The normalized spacial score (nSPS) is 24.9. The van der Waals surface area contributed by atoms with Gasteiger partial charge in [-0.05, 0) is 13.8 Å². The second-order valence-corrected chi connectivity index (χ2v) is 7.39. The van der Waals surface area contributed by atoms with Gasteiger partial charge in [-0.15, -0.1) is 0 Å². The lowest BCUT2D eigenvalue weighted by Gasteiger charge is -2.44. The van der Waals surface area contributed by atoms with Gasteiger partial charge >= 0.3 is 14.5 Å². The Morgan fingerprint density at radius 2 is 1.48 bits per heavy atom. The minimum absolute atomic E-state index is 0.261. The molecule has 0 radical (unpaired) electrons. The number of hydrogen-bond donors (Lipinski definition) is 1. The number of morpholine rings is 2. The topological polar surface area (TPSA) is 32.1 Å². The first-order valence-electron chi connectivity index (χ1n) is 10.4. The van der Waals surface area contributed by atoms with Gasteiger partial charge in [0.2, 0.25) is 0 Å². The monoisotopic (exact) mass is 476 g/mol. The van der Waals surface area contributed by atoms with Crippen molar-refractivity contribution in [3.05, 3.63) is 0 Å². The molecule has 3 atom stereocenters. The second-order valence-electron chi connectivity index (χ2n) is 7.39. The minimum atomic E-state index is -6.00. The highest BCUT2D eigenvalue weighted by molar-refractivity contribution is 6.50. The molecule has 2 heterocycles. The summed E-state index contributed by atoms with van der Waals surface area (Å²) in [4.78, 5) is 1.66. The molecule has 5 nitrogen and oxygen atoms in total. The van der Waals surface area contributed by atoms with Crippen LogP contribution in [0.2, 0.25) is 0 Å². The first-order valence-corrected chi connectivity index (χ1v) is 10.4. The van der Waals surface area contributed by atoms with Crippen LogP contribution in [-0.4, -0.2) is 97.0 Å². The summed E-state index contributed by atoms with van der Waals surface area (Å²) in [6, 6.07) is 0. The van der Waals surface area contributed by atoms with E-state index in [0.717, 1.165) is 70.1 Å². The van der Waals surface area contributed by atoms with Crippen LogP contribution in [0.15, 0.2) is 0 Å². The Hall–Kier alpha value is -0.630. The molecule has 0 aliphatic carbocycles. The number of quaternary nitrogens is 2. The van der Waals surface area contributed by atoms with Gasteiger partial charge in [0.15, 0.2) is 6.23 Å². The first-order chi connectivity index (χ1) is 14.2. The summed E-state index contributed by atoms with van der Waals surface area (Å²) in [5, 5.41) is 0. The summed E-state index contributed by atoms with van der Waals surface area (Å²) in [6.07, 6.45) is 1.66. The van der Waals surface area contributed by atoms with Gasteiger partial charge in [-0.3, -0.25) is 4.48 Å². The third-order valence-electron chi connectivity index (χ3n) is 5.39. The lowest BCUT2D eigenvalue weighted by molar-refractivity contribution is -0.974. The zero-order valence-corrected chi connectivity index (χ0v) is 18.3. The van der Waals surface area contributed by atoms with Crippen molar-refractivity contribution in [3.63, 3.8) is 0 Å². The van der Waals surface area contributed by atoms with Gasteiger partial charge in [0.05, 0.1) is 39.5 Å². The van der Waals surface area contributed by atoms with Crippen LogP contribution in [-0.2, 0) is 14.2 Å². The number of halogens is 8. The summed E-state index contributed by atoms with van der Waals surface area (Å²) in [7, 11) is -12.0. The Kier molecular flexibility index (Phi) is 14.2. The van der Waals surface area contributed by atoms with Gasteiger partial charge in [0.1, 0.15) is 32.3 Å². The van der Waals surface area contributed by atoms with Crippen molar-refractivity contribution in [2.75, 3.05) is 65.7 Å². The summed E-state index contributed by atoms with van der Waals surface area (Å²) in [6.45, 7) is 16.9. The Balaban J connectivity index is 0.000000752. The van der Waals surface area contributed by atoms with Crippen LogP contribution in [0.1, 0.15) is 27.2 Å². The van der Waals surface area contributed by atoms with Crippen LogP contribution in [0, 0.1) is 0 Å². The lowest BCUT2D eigenvalue weighted by atomic mass is 10.2. The van der Waals surface area contributed by atoms with E-state index in [9.17, 15) is 34.5 Å². The molecule has 3 unspecified atom stereocenters. The highest BCUT2D eigenvalue weighted by Gasteiger charge is 2.35. The number of hydrogen-bond acceptors (Lipinski definition) is 3. The van der Waals surface area contributed by atoms with E-state index in [1.54, 1.807) is 4.90 Å². The third-order valence-corrected chi connectivity index (χ3v) is 5.39. The highest BCUT2D eigenvalue weighted by Crippen LogP contribution is 2.18. The Labute approximate surface area is 178 Å². The standard InChI is InChI=1S/C16H33N2O3.2BF4/c1-4-17-7-11-21-16(14-17)6-10-20-15(3)18(5-2)8-12-19-13-9-18;2*2-1(3,4)5/h15-16H,4-14H2,1-3H3;;/q+1;2*-1/p+1. The molecule has 2 rings (SSSR count). The molecule has 0 bridgehead atoms. The summed E-state index contributed by atoms with van der Waals surface area (Å²) >= 11 is 0. The molecule has 188 valence electrons. The van der Waals surface area contributed by atoms with Crippen LogP contribution in [0.5, 0.6) is 0 Å². The maximum atomic E-state index is 9.75. The molecule has 0 spiro atoms. The van der Waals surface area contributed by atoms with Crippen LogP contribution in [0.3, 0.4) is 0 Å². The van der Waals surface area contributed by atoms with E-state index in [4.69, 9.17) is 14.2 Å². The summed E-state index contributed by atoms with van der Waals surface area (Å²) < 4.78 is 96.6. The fourth-order valence-electron chi connectivity index (χ4n) is 3.53. The fraction of sp³-hybridized carbons (Fsp3) is 1.00. The number of nitrogens with zero attached hydrogens (tertiary/aromatic N) is 1. The molecule has 2 aliphatic heterocycles. The van der Waals surface area contributed by atoms with Crippen LogP contribution in [0.4, 0.5) is 34.5 Å². The highest BCUT2D eigenvalue weighted by atomic mass is 19.5. The fourth-order valence-corrected chi connectivity index (χ4v) is 3.53. The van der Waals surface area contributed by atoms with Crippen molar-refractivity contribution in [3.8, 4) is 0 Å². The number of nitrogens with one attached hydrogen (secondary N) is 1. The van der Waals surface area contributed by atoms with Crippen LogP contribution in [0.25, 0.3) is 0 Å². The predicted octanol–water partition coefficient (Wildman–Crippen LogP) is 2.51. The van der Waals surface area contributed by atoms with Crippen molar-refractivity contribution in [1.82, 2.24) is 0 Å². The van der Waals surface area contributed by atoms with E-state index >= 15 is 0 Å². The van der Waals surface area contributed by atoms with E-state index in [2.05, 4.69) is 20.8 Å². The van der Waals surface area contributed by atoms with Crippen molar-refractivity contribution >= 4 is 14.5 Å². The average Bonchev–Trinajstić information content (AvgIpc) is 2.66. The van der Waals surface area contributed by atoms with E-state index in [1.807, 2.05) is 0 Å². The van der Waals surface area contributed by atoms with Gasteiger partial charge in [-0.1, -0.05) is 0 Å². The molecule has 2 aliphatic rings. The molecule has 2 saturated heterocycles. The summed E-state index contributed by atoms with van der Waals surface area (Å²) in [5.74, 6) is 0. The van der Waals surface area contributed by atoms with Crippen LogP contribution < -0.4 is 4.90 Å². The van der Waals surface area contributed by atoms with Crippen molar-refractivity contribution in [2.45, 2.75) is 39.5 Å². The molecule has 0 aromatic carbocycles. The zero-order valence-electron chi connectivity index (χ0n) is 18.3. The average molecular weight is 476 g/mol. The van der Waals surface area contributed by atoms with Gasteiger partial charge in [0.25, 0.3) is 0 Å². The summed E-state index contributed by atoms with van der Waals surface area (Å²) in [5.41, 5.74) is 0. The smallest absolute Gasteiger partial charge is 0.418 e. The Morgan fingerprint density at radius 3 is 1.94 bits per heavy atom. The Bertz CT molecular complexity index is 445. The molecule has 31 heavy (non-hydrogen) atoms. The van der Waals surface area contributed by atoms with E-state index in [0.29, 0.717) is 6.10 Å². The number of rotatable bonds is 7. The van der Waals surface area contributed by atoms with Gasteiger partial charge in [0, 0.05) is 13.3 Å². The predicted molar refractivity (Wildman–Crippen MR) is 103 cm³/mol. The molecule has 0 aromatic rings. The Morgan fingerprint density at radius 1 is 0.968 bits per heavy atom. The number of ether oxygens (including phenoxy) is 3. The molecule has 0 aromatic heterocycles. The molecular formula is C16H34B2F8N2O3. The molecule has 2 fully saturated rings. The maximum absolute atomic E-state index is 9.75.